The summed E-state index contributed by atoms with van der Waals surface area (Å²) in [5.41, 5.74) is 0.816. The molecule has 9 heteroatoms. The van der Waals surface area contributed by atoms with Crippen LogP contribution in [-0.2, 0) is 9.53 Å². The molecule has 7 nitrogen and oxygen atoms in total. The minimum absolute atomic E-state index is 0.140. The molecule has 2 saturated carbocycles. The number of fused-ring (bicyclic) bond motifs is 1. The van der Waals surface area contributed by atoms with Crippen LogP contribution in [0.4, 0.5) is 13.6 Å². The number of urea groups is 1. The molecular weight excluding hydrogens is 526 g/mol. The van der Waals surface area contributed by atoms with E-state index in [1.165, 1.54) is 6.42 Å². The summed E-state index contributed by atoms with van der Waals surface area (Å²) in [6.07, 6.45) is 6.68. The first kappa shape index (κ1) is 28.8. The standard InChI is InChI=1S/C32H46F2N4O3/c1-22(2)38-30(40)37(20-23-11-15-41-16-12-23)21-31(38)17-25-9-6-13-36(28(25)19-31)14-10-27(24-7-4-3-5-8-24)35-29(39)26-18-32(26,33)34/h3-5,7-8,22-23,25-28H,6,9-21H2,1-2H3,(H,35,39)/t25?,26?,27-,28?,31?/m0/s1. The molecule has 5 aliphatic rings. The topological polar surface area (TPSA) is 65.1 Å². The van der Waals surface area contributed by atoms with Gasteiger partial charge in [-0.25, -0.2) is 13.6 Å². The Morgan fingerprint density at radius 3 is 2.51 bits per heavy atom. The molecular formula is C32H46F2N4O3. The smallest absolute Gasteiger partial charge is 0.320 e. The summed E-state index contributed by atoms with van der Waals surface area (Å²) in [6, 6.07) is 10.2. The molecule has 5 atom stereocenters. The Balaban J connectivity index is 1.15. The number of alkyl halides is 2. The first-order valence-corrected chi connectivity index (χ1v) is 15.8. The fourth-order valence-electron chi connectivity index (χ4n) is 8.39. The fraction of sp³-hybridized carbons (Fsp3) is 0.750. The van der Waals surface area contributed by atoms with E-state index in [1.807, 2.05) is 30.3 Å². The van der Waals surface area contributed by atoms with Crippen molar-refractivity contribution in [2.24, 2.45) is 17.8 Å². The van der Waals surface area contributed by atoms with Crippen LogP contribution < -0.4 is 5.32 Å². The second-order valence-corrected chi connectivity index (χ2v) is 13.6. The molecule has 3 amide bonds. The van der Waals surface area contributed by atoms with Crippen LogP contribution in [-0.4, -0.2) is 89.6 Å². The predicted molar refractivity (Wildman–Crippen MR) is 153 cm³/mol. The van der Waals surface area contributed by atoms with Gasteiger partial charge in [0.2, 0.25) is 5.91 Å². The monoisotopic (exact) mass is 572 g/mol. The normalized spacial score (nSPS) is 32.5. The van der Waals surface area contributed by atoms with E-state index >= 15 is 0 Å². The largest absolute Gasteiger partial charge is 0.381 e. The Morgan fingerprint density at radius 1 is 1.10 bits per heavy atom. The number of piperidine rings is 1. The van der Waals surface area contributed by atoms with Crippen LogP contribution in [0.2, 0.25) is 0 Å². The van der Waals surface area contributed by atoms with Gasteiger partial charge in [-0.2, -0.15) is 0 Å². The first-order valence-electron chi connectivity index (χ1n) is 15.8. The highest BCUT2D eigenvalue weighted by Gasteiger charge is 2.61. The molecule has 3 aliphatic heterocycles. The maximum Gasteiger partial charge on any atom is 0.320 e. The van der Waals surface area contributed by atoms with Crippen molar-refractivity contribution in [1.82, 2.24) is 20.0 Å². The van der Waals surface area contributed by atoms with Gasteiger partial charge in [-0.3, -0.25) is 9.69 Å². The molecule has 5 fully saturated rings. The Morgan fingerprint density at radius 2 is 1.83 bits per heavy atom. The van der Waals surface area contributed by atoms with Gasteiger partial charge in [0.25, 0.3) is 5.92 Å². The van der Waals surface area contributed by atoms with Gasteiger partial charge in [0, 0.05) is 51.4 Å². The van der Waals surface area contributed by atoms with Crippen LogP contribution in [0, 0.1) is 17.8 Å². The van der Waals surface area contributed by atoms with Crippen molar-refractivity contribution in [3.05, 3.63) is 35.9 Å². The number of rotatable bonds is 9. The second-order valence-electron chi connectivity index (χ2n) is 13.6. The highest BCUT2D eigenvalue weighted by molar-refractivity contribution is 5.83. The SMILES string of the molecule is CC(C)N1C(=O)N(CC2CCOCC2)CC12CC1CCCN(CC[C@H](NC(=O)C3CC3(F)F)c3ccccc3)C1C2. The zero-order valence-corrected chi connectivity index (χ0v) is 24.6. The third kappa shape index (κ3) is 5.85. The summed E-state index contributed by atoms with van der Waals surface area (Å²) in [6.45, 7) is 9.29. The fourth-order valence-corrected chi connectivity index (χ4v) is 8.39. The van der Waals surface area contributed by atoms with E-state index < -0.39 is 17.7 Å². The van der Waals surface area contributed by atoms with E-state index in [1.54, 1.807) is 0 Å². The van der Waals surface area contributed by atoms with E-state index in [-0.39, 0.29) is 30.1 Å². The zero-order chi connectivity index (χ0) is 28.8. The van der Waals surface area contributed by atoms with Gasteiger partial charge in [-0.05, 0) is 82.7 Å². The van der Waals surface area contributed by atoms with Crippen LogP contribution in [0.15, 0.2) is 30.3 Å². The molecule has 1 aromatic rings. The number of halogens is 2. The highest BCUT2D eigenvalue weighted by Crippen LogP contribution is 2.50. The van der Waals surface area contributed by atoms with E-state index in [4.69, 9.17) is 4.74 Å². The van der Waals surface area contributed by atoms with Gasteiger partial charge in [0.15, 0.2) is 0 Å². The average molecular weight is 573 g/mol. The third-order valence-corrected chi connectivity index (χ3v) is 10.4. The number of hydrogen-bond donors (Lipinski definition) is 1. The Bertz CT molecular complexity index is 1100. The minimum atomic E-state index is -2.87. The molecule has 0 radical (unpaired) electrons. The summed E-state index contributed by atoms with van der Waals surface area (Å²) in [5, 5.41) is 2.96. The van der Waals surface area contributed by atoms with E-state index in [9.17, 15) is 18.4 Å². The molecule has 1 N–H and O–H groups in total. The highest BCUT2D eigenvalue weighted by atomic mass is 19.3. The number of carbonyl (C=O) groups excluding carboxylic acids is 2. The number of likely N-dealkylation sites (tertiary alicyclic amines) is 1. The maximum absolute atomic E-state index is 13.8. The van der Waals surface area contributed by atoms with Crippen LogP contribution in [0.3, 0.4) is 0 Å². The quantitative estimate of drug-likeness (QED) is 0.449. The molecule has 1 aromatic carbocycles. The van der Waals surface area contributed by atoms with Crippen LogP contribution >= 0.6 is 0 Å². The average Bonchev–Trinajstić information content (AvgIpc) is 3.31. The van der Waals surface area contributed by atoms with Crippen molar-refractivity contribution in [2.75, 3.05) is 39.4 Å². The van der Waals surface area contributed by atoms with Gasteiger partial charge in [0.1, 0.15) is 5.92 Å². The second kappa shape index (κ2) is 11.4. The van der Waals surface area contributed by atoms with Gasteiger partial charge in [-0.1, -0.05) is 30.3 Å². The van der Waals surface area contributed by atoms with Gasteiger partial charge >= 0.3 is 6.03 Å². The summed E-state index contributed by atoms with van der Waals surface area (Å²) in [7, 11) is 0. The molecule has 3 saturated heterocycles. The molecule has 226 valence electrons. The van der Waals surface area contributed by atoms with E-state index in [0.29, 0.717) is 24.3 Å². The van der Waals surface area contributed by atoms with Crippen molar-refractivity contribution in [2.45, 2.75) is 94.8 Å². The predicted octanol–water partition coefficient (Wildman–Crippen LogP) is 5.08. The zero-order valence-electron chi connectivity index (χ0n) is 24.6. The van der Waals surface area contributed by atoms with Crippen molar-refractivity contribution < 1.29 is 23.1 Å². The first-order chi connectivity index (χ1) is 19.7. The lowest BCUT2D eigenvalue weighted by Crippen LogP contribution is -2.50. The van der Waals surface area contributed by atoms with Crippen LogP contribution in [0.25, 0.3) is 0 Å². The van der Waals surface area contributed by atoms with E-state index in [0.717, 1.165) is 77.1 Å². The summed E-state index contributed by atoms with van der Waals surface area (Å²) < 4.78 is 32.8. The van der Waals surface area contributed by atoms with Gasteiger partial charge in [0.05, 0.1) is 11.6 Å². The Hall–Kier alpha value is -2.26. The lowest BCUT2D eigenvalue weighted by atomic mass is 9.90. The minimum Gasteiger partial charge on any atom is -0.381 e. The number of nitrogens with one attached hydrogen (secondary N) is 1. The molecule has 2 aliphatic carbocycles. The van der Waals surface area contributed by atoms with E-state index in [2.05, 4.69) is 33.9 Å². The van der Waals surface area contributed by atoms with Crippen molar-refractivity contribution in [3.8, 4) is 0 Å². The lowest BCUT2D eigenvalue weighted by Gasteiger charge is -2.39. The number of nitrogens with zero attached hydrogens (tertiary/aromatic N) is 3. The molecule has 3 heterocycles. The number of benzene rings is 1. The van der Waals surface area contributed by atoms with Crippen molar-refractivity contribution in [1.29, 1.82) is 0 Å². The number of carbonyl (C=O) groups is 2. The van der Waals surface area contributed by atoms with Gasteiger partial charge < -0.3 is 19.9 Å². The summed E-state index contributed by atoms with van der Waals surface area (Å²) in [5.74, 6) is -3.56. The maximum atomic E-state index is 13.8. The van der Waals surface area contributed by atoms with Gasteiger partial charge in [-0.15, -0.1) is 0 Å². The number of ether oxygens (including phenoxy) is 1. The molecule has 0 aromatic heterocycles. The van der Waals surface area contributed by atoms with Crippen molar-refractivity contribution >= 4 is 11.9 Å². The Kier molecular flexibility index (Phi) is 8.05. The molecule has 6 rings (SSSR count). The third-order valence-electron chi connectivity index (χ3n) is 10.4. The van der Waals surface area contributed by atoms with Crippen LogP contribution in [0.1, 0.15) is 76.8 Å². The lowest BCUT2D eigenvalue weighted by molar-refractivity contribution is -0.125. The summed E-state index contributed by atoms with van der Waals surface area (Å²) in [4.78, 5) is 33.3. The number of amides is 3. The Labute approximate surface area is 242 Å². The molecule has 0 bridgehead atoms. The summed E-state index contributed by atoms with van der Waals surface area (Å²) >= 11 is 0. The van der Waals surface area contributed by atoms with Crippen LogP contribution in [0.5, 0.6) is 0 Å². The molecule has 1 spiro atoms. The van der Waals surface area contributed by atoms with Crippen molar-refractivity contribution in [3.63, 3.8) is 0 Å². The molecule has 4 unspecified atom stereocenters. The molecule has 41 heavy (non-hydrogen) atoms. The number of hydrogen-bond acceptors (Lipinski definition) is 4.